The van der Waals surface area contributed by atoms with E-state index in [9.17, 15) is 14.7 Å². The Hall–Kier alpha value is -1.95. The van der Waals surface area contributed by atoms with Crippen LogP contribution >= 0.6 is 11.6 Å². The average molecular weight is 340 g/mol. The van der Waals surface area contributed by atoms with Crippen molar-refractivity contribution in [1.29, 1.82) is 0 Å². The van der Waals surface area contributed by atoms with Gasteiger partial charge in [0.05, 0.1) is 5.56 Å². The summed E-state index contributed by atoms with van der Waals surface area (Å²) in [5, 5.41) is 10.2. The van der Waals surface area contributed by atoms with E-state index in [-0.39, 0.29) is 23.3 Å². The highest BCUT2D eigenvalue weighted by Gasteiger charge is 2.27. The Morgan fingerprint density at radius 2 is 1.70 bits per heavy atom. The minimum Gasteiger partial charge on any atom is -0.507 e. The molecule has 2 rings (SSSR count). The first-order chi connectivity index (χ1) is 11.0. The zero-order valence-electron chi connectivity index (χ0n) is 13.5. The van der Waals surface area contributed by atoms with Gasteiger partial charge in [-0.15, -0.1) is 0 Å². The second-order valence-electron chi connectivity index (χ2n) is 5.40. The number of amides is 3. The van der Waals surface area contributed by atoms with Gasteiger partial charge in [0, 0.05) is 44.3 Å². The molecule has 6 nitrogen and oxygen atoms in total. The molecule has 1 heterocycles. The van der Waals surface area contributed by atoms with Gasteiger partial charge < -0.3 is 19.8 Å². The van der Waals surface area contributed by atoms with E-state index in [0.29, 0.717) is 44.3 Å². The van der Waals surface area contributed by atoms with Crippen molar-refractivity contribution in [1.82, 2.24) is 14.7 Å². The van der Waals surface area contributed by atoms with E-state index in [1.54, 1.807) is 14.7 Å². The molecule has 1 aromatic rings. The first-order valence-corrected chi connectivity index (χ1v) is 8.17. The fourth-order valence-corrected chi connectivity index (χ4v) is 2.82. The van der Waals surface area contributed by atoms with Gasteiger partial charge in [-0.25, -0.2) is 4.79 Å². The molecule has 3 amide bonds. The fraction of sp³-hybridized carbons (Fsp3) is 0.500. The molecule has 0 unspecified atom stereocenters. The number of rotatable bonds is 3. The van der Waals surface area contributed by atoms with E-state index in [1.807, 2.05) is 13.8 Å². The van der Waals surface area contributed by atoms with Gasteiger partial charge in [-0.2, -0.15) is 0 Å². The number of halogens is 1. The van der Waals surface area contributed by atoms with Crippen molar-refractivity contribution >= 4 is 23.5 Å². The van der Waals surface area contributed by atoms with Crippen LogP contribution in [0.3, 0.4) is 0 Å². The Morgan fingerprint density at radius 1 is 1.13 bits per heavy atom. The van der Waals surface area contributed by atoms with Gasteiger partial charge in [0.1, 0.15) is 5.75 Å². The third-order valence-corrected chi connectivity index (χ3v) is 4.30. The van der Waals surface area contributed by atoms with Crippen molar-refractivity contribution in [2.24, 2.45) is 0 Å². The molecule has 1 aromatic carbocycles. The zero-order valence-corrected chi connectivity index (χ0v) is 14.2. The van der Waals surface area contributed by atoms with Crippen LogP contribution < -0.4 is 0 Å². The van der Waals surface area contributed by atoms with Crippen LogP contribution in [-0.4, -0.2) is 71.0 Å². The molecule has 126 valence electrons. The number of phenolic OH excluding ortho intramolecular Hbond substituents is 1. The standard InChI is InChI=1S/C16H22ClN3O3/c1-3-18(4-2)16(23)20-9-7-19(8-10-20)15(22)13-11-12(17)5-6-14(13)21/h5-6,11,21H,3-4,7-10H2,1-2H3. The first-order valence-electron chi connectivity index (χ1n) is 7.79. The molecule has 0 bridgehead atoms. The summed E-state index contributed by atoms with van der Waals surface area (Å²) in [5.41, 5.74) is 0.195. The van der Waals surface area contributed by atoms with Crippen LogP contribution in [0, 0.1) is 0 Å². The predicted molar refractivity (Wildman–Crippen MR) is 88.9 cm³/mol. The van der Waals surface area contributed by atoms with E-state index >= 15 is 0 Å². The highest BCUT2D eigenvalue weighted by atomic mass is 35.5. The van der Waals surface area contributed by atoms with E-state index in [0.717, 1.165) is 0 Å². The lowest BCUT2D eigenvalue weighted by atomic mass is 10.1. The van der Waals surface area contributed by atoms with Crippen molar-refractivity contribution in [2.45, 2.75) is 13.8 Å². The van der Waals surface area contributed by atoms with Gasteiger partial charge in [0.25, 0.3) is 5.91 Å². The molecule has 0 radical (unpaired) electrons. The van der Waals surface area contributed by atoms with E-state index in [2.05, 4.69) is 0 Å². The summed E-state index contributed by atoms with van der Waals surface area (Å²) in [6.45, 7) is 7.10. The van der Waals surface area contributed by atoms with Gasteiger partial charge in [0.15, 0.2) is 0 Å². The molecule has 1 fully saturated rings. The largest absolute Gasteiger partial charge is 0.507 e. The lowest BCUT2D eigenvalue weighted by Crippen LogP contribution is -2.54. The molecule has 1 aliphatic heterocycles. The number of carbonyl (C=O) groups is 2. The molecule has 1 aliphatic rings. The summed E-state index contributed by atoms with van der Waals surface area (Å²) in [6.07, 6.45) is 0. The van der Waals surface area contributed by atoms with Gasteiger partial charge in [-0.3, -0.25) is 4.79 Å². The average Bonchev–Trinajstić information content (AvgIpc) is 2.57. The third-order valence-electron chi connectivity index (χ3n) is 4.06. The molecule has 23 heavy (non-hydrogen) atoms. The number of aromatic hydroxyl groups is 1. The number of piperazine rings is 1. The van der Waals surface area contributed by atoms with Crippen molar-refractivity contribution in [2.75, 3.05) is 39.3 Å². The molecule has 7 heteroatoms. The Kier molecular flexibility index (Phi) is 5.71. The summed E-state index contributed by atoms with van der Waals surface area (Å²) < 4.78 is 0. The number of carbonyl (C=O) groups excluding carboxylic acids is 2. The quantitative estimate of drug-likeness (QED) is 0.918. The second-order valence-corrected chi connectivity index (χ2v) is 5.83. The minimum absolute atomic E-state index is 0.00713. The maximum Gasteiger partial charge on any atom is 0.320 e. The Morgan fingerprint density at radius 3 is 2.26 bits per heavy atom. The van der Waals surface area contributed by atoms with E-state index in [1.165, 1.54) is 18.2 Å². The Bertz CT molecular complexity index is 582. The molecular weight excluding hydrogens is 318 g/mol. The second kappa shape index (κ2) is 7.55. The van der Waals surface area contributed by atoms with Crippen LogP contribution in [-0.2, 0) is 0 Å². The molecule has 0 aromatic heterocycles. The molecule has 1 saturated heterocycles. The predicted octanol–water partition coefficient (Wildman–Crippen LogP) is 2.27. The molecule has 0 atom stereocenters. The topological polar surface area (TPSA) is 64.1 Å². The molecule has 0 spiro atoms. The van der Waals surface area contributed by atoms with Crippen molar-refractivity contribution in [3.63, 3.8) is 0 Å². The minimum atomic E-state index is -0.264. The third kappa shape index (κ3) is 3.88. The van der Waals surface area contributed by atoms with E-state index < -0.39 is 0 Å². The maximum atomic E-state index is 12.5. The van der Waals surface area contributed by atoms with Gasteiger partial charge in [-0.05, 0) is 32.0 Å². The first kappa shape index (κ1) is 17.4. The number of benzene rings is 1. The summed E-state index contributed by atoms with van der Waals surface area (Å²) in [6, 6.07) is 4.42. The number of urea groups is 1. The number of hydrogen-bond acceptors (Lipinski definition) is 3. The summed E-state index contributed by atoms with van der Waals surface area (Å²) >= 11 is 5.89. The molecular formula is C16H22ClN3O3. The number of hydrogen-bond donors (Lipinski definition) is 1. The maximum absolute atomic E-state index is 12.5. The lowest BCUT2D eigenvalue weighted by Gasteiger charge is -2.37. The van der Waals surface area contributed by atoms with Crippen molar-refractivity contribution in [3.05, 3.63) is 28.8 Å². The SMILES string of the molecule is CCN(CC)C(=O)N1CCN(C(=O)c2cc(Cl)ccc2O)CC1. The van der Waals surface area contributed by atoms with E-state index in [4.69, 9.17) is 11.6 Å². The van der Waals surface area contributed by atoms with Crippen molar-refractivity contribution in [3.8, 4) is 5.75 Å². The summed E-state index contributed by atoms with van der Waals surface area (Å²) in [4.78, 5) is 29.9. The summed E-state index contributed by atoms with van der Waals surface area (Å²) in [5.74, 6) is -0.346. The number of phenols is 1. The van der Waals surface area contributed by atoms with Crippen LogP contribution in [0.4, 0.5) is 4.79 Å². The van der Waals surface area contributed by atoms with Crippen molar-refractivity contribution < 1.29 is 14.7 Å². The number of nitrogens with zero attached hydrogens (tertiary/aromatic N) is 3. The fourth-order valence-electron chi connectivity index (χ4n) is 2.64. The Labute approximate surface area is 141 Å². The monoisotopic (exact) mass is 339 g/mol. The Balaban J connectivity index is 2.00. The molecule has 1 N–H and O–H groups in total. The molecule has 0 aliphatic carbocycles. The van der Waals surface area contributed by atoms with Gasteiger partial charge >= 0.3 is 6.03 Å². The smallest absolute Gasteiger partial charge is 0.320 e. The van der Waals surface area contributed by atoms with Crippen LogP contribution in [0.1, 0.15) is 24.2 Å². The van der Waals surface area contributed by atoms with Crippen LogP contribution in [0.5, 0.6) is 5.75 Å². The normalized spacial score (nSPS) is 14.7. The highest BCUT2D eigenvalue weighted by Crippen LogP contribution is 2.23. The molecule has 0 saturated carbocycles. The van der Waals surface area contributed by atoms with Crippen LogP contribution in [0.25, 0.3) is 0 Å². The highest BCUT2D eigenvalue weighted by molar-refractivity contribution is 6.31. The summed E-state index contributed by atoms with van der Waals surface area (Å²) in [7, 11) is 0. The van der Waals surface area contributed by atoms with Crippen LogP contribution in [0.2, 0.25) is 5.02 Å². The van der Waals surface area contributed by atoms with Gasteiger partial charge in [-0.1, -0.05) is 11.6 Å². The lowest BCUT2D eigenvalue weighted by molar-refractivity contribution is 0.0638. The van der Waals surface area contributed by atoms with Crippen LogP contribution in [0.15, 0.2) is 18.2 Å². The zero-order chi connectivity index (χ0) is 17.0. The van der Waals surface area contributed by atoms with Gasteiger partial charge in [0.2, 0.25) is 0 Å².